The van der Waals surface area contributed by atoms with Crippen LogP contribution in [0.1, 0.15) is 29.8 Å². The molecule has 1 aromatic carbocycles. The molecule has 0 aliphatic carbocycles. The SMILES string of the molecule is CCN(CC)C(=O)CN(C)C(=O)c1ccccc1CCNC. The minimum absolute atomic E-state index is 0.0199. The largest absolute Gasteiger partial charge is 0.342 e. The molecule has 1 rings (SSSR count). The fraction of sp³-hybridized carbons (Fsp3) is 0.529. The van der Waals surface area contributed by atoms with Crippen LogP contribution >= 0.6 is 0 Å². The molecule has 0 unspecified atom stereocenters. The van der Waals surface area contributed by atoms with Gasteiger partial charge in [-0.2, -0.15) is 0 Å². The van der Waals surface area contributed by atoms with Crippen molar-refractivity contribution in [3.63, 3.8) is 0 Å². The summed E-state index contributed by atoms with van der Waals surface area (Å²) in [4.78, 5) is 28.0. The molecule has 0 spiro atoms. The summed E-state index contributed by atoms with van der Waals surface area (Å²) < 4.78 is 0. The highest BCUT2D eigenvalue weighted by molar-refractivity contribution is 5.97. The molecule has 0 bridgehead atoms. The molecule has 1 N–H and O–H groups in total. The zero-order chi connectivity index (χ0) is 16.5. The van der Waals surface area contributed by atoms with Gasteiger partial charge in [0.15, 0.2) is 0 Å². The van der Waals surface area contributed by atoms with Gasteiger partial charge in [-0.25, -0.2) is 0 Å². The maximum Gasteiger partial charge on any atom is 0.254 e. The minimum Gasteiger partial charge on any atom is -0.342 e. The van der Waals surface area contributed by atoms with Crippen LogP contribution in [0.2, 0.25) is 0 Å². The average molecular weight is 305 g/mol. The number of likely N-dealkylation sites (N-methyl/N-ethyl adjacent to an activating group) is 3. The van der Waals surface area contributed by atoms with E-state index in [2.05, 4.69) is 5.32 Å². The fourth-order valence-electron chi connectivity index (χ4n) is 2.36. The van der Waals surface area contributed by atoms with E-state index in [-0.39, 0.29) is 18.4 Å². The first kappa shape index (κ1) is 18.2. The van der Waals surface area contributed by atoms with E-state index in [1.165, 1.54) is 4.90 Å². The lowest BCUT2D eigenvalue weighted by molar-refractivity contribution is -0.131. The Bertz CT molecular complexity index is 498. The Balaban J connectivity index is 2.80. The van der Waals surface area contributed by atoms with E-state index in [0.29, 0.717) is 18.7 Å². The van der Waals surface area contributed by atoms with Crippen LogP contribution in [-0.4, -0.2) is 61.9 Å². The Kier molecular flexibility index (Phi) is 7.60. The summed E-state index contributed by atoms with van der Waals surface area (Å²) in [6, 6.07) is 7.58. The van der Waals surface area contributed by atoms with E-state index in [1.54, 1.807) is 11.9 Å². The van der Waals surface area contributed by atoms with Gasteiger partial charge in [0, 0.05) is 25.7 Å². The van der Waals surface area contributed by atoms with Crippen LogP contribution in [0.25, 0.3) is 0 Å². The van der Waals surface area contributed by atoms with E-state index in [9.17, 15) is 9.59 Å². The van der Waals surface area contributed by atoms with Crippen molar-refractivity contribution in [2.45, 2.75) is 20.3 Å². The second-order valence-corrected chi connectivity index (χ2v) is 5.24. The first-order valence-electron chi connectivity index (χ1n) is 7.80. The third kappa shape index (κ3) is 4.84. The summed E-state index contributed by atoms with van der Waals surface area (Å²) in [6.07, 6.45) is 0.788. The van der Waals surface area contributed by atoms with Crippen molar-refractivity contribution in [1.82, 2.24) is 15.1 Å². The fourth-order valence-corrected chi connectivity index (χ4v) is 2.36. The molecule has 0 radical (unpaired) electrons. The molecule has 122 valence electrons. The van der Waals surface area contributed by atoms with Gasteiger partial charge in [-0.05, 0) is 45.5 Å². The lowest BCUT2D eigenvalue weighted by Crippen LogP contribution is -2.41. The number of hydrogen-bond acceptors (Lipinski definition) is 3. The zero-order valence-electron chi connectivity index (χ0n) is 14.1. The summed E-state index contributed by atoms with van der Waals surface area (Å²) >= 11 is 0. The number of hydrogen-bond donors (Lipinski definition) is 1. The van der Waals surface area contributed by atoms with E-state index in [4.69, 9.17) is 0 Å². The lowest BCUT2D eigenvalue weighted by atomic mass is 10.0. The maximum atomic E-state index is 12.6. The standard InChI is InChI=1S/C17H27N3O2/c1-5-20(6-2)16(21)13-19(4)17(22)15-10-8-7-9-14(15)11-12-18-3/h7-10,18H,5-6,11-13H2,1-4H3. The summed E-state index contributed by atoms with van der Waals surface area (Å²) in [6.45, 7) is 6.13. The molecule has 0 aliphatic heterocycles. The van der Waals surface area contributed by atoms with Crippen LogP contribution in [0.3, 0.4) is 0 Å². The Morgan fingerprint density at radius 1 is 1.14 bits per heavy atom. The quantitative estimate of drug-likeness (QED) is 0.789. The smallest absolute Gasteiger partial charge is 0.254 e. The Hall–Kier alpha value is -1.88. The molecule has 5 nitrogen and oxygen atoms in total. The highest BCUT2D eigenvalue weighted by atomic mass is 16.2. The molecule has 0 heterocycles. The monoisotopic (exact) mass is 305 g/mol. The second-order valence-electron chi connectivity index (χ2n) is 5.24. The predicted octanol–water partition coefficient (Wildman–Crippen LogP) is 1.39. The highest BCUT2D eigenvalue weighted by Crippen LogP contribution is 2.12. The van der Waals surface area contributed by atoms with Crippen molar-refractivity contribution in [2.75, 3.05) is 40.3 Å². The van der Waals surface area contributed by atoms with Crippen LogP contribution in [0.5, 0.6) is 0 Å². The van der Waals surface area contributed by atoms with Gasteiger partial charge in [0.2, 0.25) is 5.91 Å². The Morgan fingerprint density at radius 2 is 1.77 bits per heavy atom. The number of amides is 2. The van der Waals surface area contributed by atoms with E-state index in [1.807, 2.05) is 45.2 Å². The van der Waals surface area contributed by atoms with Crippen molar-refractivity contribution in [3.8, 4) is 0 Å². The molecule has 0 saturated carbocycles. The van der Waals surface area contributed by atoms with E-state index < -0.39 is 0 Å². The van der Waals surface area contributed by atoms with Crippen molar-refractivity contribution in [1.29, 1.82) is 0 Å². The van der Waals surface area contributed by atoms with Gasteiger partial charge in [-0.1, -0.05) is 18.2 Å². The van der Waals surface area contributed by atoms with Crippen LogP contribution in [0.4, 0.5) is 0 Å². The van der Waals surface area contributed by atoms with Crippen molar-refractivity contribution >= 4 is 11.8 Å². The first-order valence-corrected chi connectivity index (χ1v) is 7.80. The van der Waals surface area contributed by atoms with Crippen LogP contribution in [-0.2, 0) is 11.2 Å². The molecular weight excluding hydrogens is 278 g/mol. The number of carbonyl (C=O) groups excluding carboxylic acids is 2. The van der Waals surface area contributed by atoms with Gasteiger partial charge in [-0.15, -0.1) is 0 Å². The van der Waals surface area contributed by atoms with Crippen molar-refractivity contribution in [2.24, 2.45) is 0 Å². The van der Waals surface area contributed by atoms with Gasteiger partial charge in [-0.3, -0.25) is 9.59 Å². The van der Waals surface area contributed by atoms with Gasteiger partial charge in [0.25, 0.3) is 5.91 Å². The van der Waals surface area contributed by atoms with Gasteiger partial charge >= 0.3 is 0 Å². The van der Waals surface area contributed by atoms with Gasteiger partial charge in [0.05, 0.1) is 6.54 Å². The number of nitrogens with zero attached hydrogens (tertiary/aromatic N) is 2. The number of rotatable bonds is 8. The topological polar surface area (TPSA) is 52.7 Å². The molecule has 22 heavy (non-hydrogen) atoms. The Morgan fingerprint density at radius 3 is 2.36 bits per heavy atom. The van der Waals surface area contributed by atoms with Crippen molar-refractivity contribution < 1.29 is 9.59 Å². The number of nitrogens with one attached hydrogen (secondary N) is 1. The molecule has 0 fully saturated rings. The third-order valence-corrected chi connectivity index (χ3v) is 3.73. The maximum absolute atomic E-state index is 12.6. The van der Waals surface area contributed by atoms with E-state index in [0.717, 1.165) is 18.5 Å². The second kappa shape index (κ2) is 9.20. The van der Waals surface area contributed by atoms with Crippen molar-refractivity contribution in [3.05, 3.63) is 35.4 Å². The lowest BCUT2D eigenvalue weighted by Gasteiger charge is -2.24. The molecule has 0 atom stereocenters. The van der Waals surface area contributed by atoms with Gasteiger partial charge < -0.3 is 15.1 Å². The molecular formula is C17H27N3O2. The number of benzene rings is 1. The third-order valence-electron chi connectivity index (χ3n) is 3.73. The summed E-state index contributed by atoms with van der Waals surface area (Å²) in [5, 5.41) is 3.09. The zero-order valence-corrected chi connectivity index (χ0v) is 14.1. The molecule has 5 heteroatoms. The summed E-state index contributed by atoms with van der Waals surface area (Å²) in [7, 11) is 3.57. The minimum atomic E-state index is -0.104. The highest BCUT2D eigenvalue weighted by Gasteiger charge is 2.19. The van der Waals surface area contributed by atoms with E-state index >= 15 is 0 Å². The molecule has 0 aliphatic rings. The first-order chi connectivity index (χ1) is 10.5. The van der Waals surface area contributed by atoms with Crippen LogP contribution in [0, 0.1) is 0 Å². The van der Waals surface area contributed by atoms with Crippen LogP contribution < -0.4 is 5.32 Å². The molecule has 1 aromatic rings. The predicted molar refractivity (Wildman–Crippen MR) is 89.0 cm³/mol. The summed E-state index contributed by atoms with van der Waals surface area (Å²) in [5.41, 5.74) is 1.68. The molecule has 0 saturated heterocycles. The average Bonchev–Trinajstić information content (AvgIpc) is 2.53. The number of carbonyl (C=O) groups is 2. The van der Waals surface area contributed by atoms with Crippen LogP contribution in [0.15, 0.2) is 24.3 Å². The summed E-state index contributed by atoms with van der Waals surface area (Å²) in [5.74, 6) is -0.124. The molecule has 0 aromatic heterocycles. The Labute approximate surface area is 133 Å². The molecule has 2 amide bonds. The normalized spacial score (nSPS) is 10.4. The van der Waals surface area contributed by atoms with Gasteiger partial charge in [0.1, 0.15) is 0 Å².